The average Bonchev–Trinajstić information content (AvgIpc) is 3.90. The zero-order valence-electron chi connectivity index (χ0n) is 23.9. The maximum Gasteiger partial charge on any atom is 0.408 e. The van der Waals surface area contributed by atoms with Crippen LogP contribution in [0.4, 0.5) is 18.0 Å². The third-order valence-electron chi connectivity index (χ3n) is 10.1. The van der Waals surface area contributed by atoms with Gasteiger partial charge in [0.2, 0.25) is 5.91 Å². The van der Waals surface area contributed by atoms with E-state index in [2.05, 4.69) is 15.7 Å². The van der Waals surface area contributed by atoms with Crippen molar-refractivity contribution in [2.45, 2.75) is 70.2 Å². The Hall–Kier alpha value is -3.63. The molecule has 8 nitrogen and oxygen atoms in total. The highest BCUT2D eigenvalue weighted by Gasteiger charge is 2.61. The molecule has 3 aliphatic carbocycles. The lowest BCUT2D eigenvalue weighted by molar-refractivity contribution is -0.183. The van der Waals surface area contributed by atoms with Crippen molar-refractivity contribution in [1.29, 1.82) is 0 Å². The van der Waals surface area contributed by atoms with E-state index in [0.29, 0.717) is 22.5 Å². The number of rotatable bonds is 9. The van der Waals surface area contributed by atoms with Crippen LogP contribution in [0.3, 0.4) is 0 Å². The second-order valence-electron chi connectivity index (χ2n) is 13.0. The molecule has 2 N–H and O–H groups in total. The Morgan fingerprint density at radius 2 is 1.81 bits per heavy atom. The number of amides is 2. The van der Waals surface area contributed by atoms with Crippen molar-refractivity contribution < 1.29 is 27.5 Å². The summed E-state index contributed by atoms with van der Waals surface area (Å²) in [6.07, 6.45) is 4.06. The van der Waals surface area contributed by atoms with Crippen LogP contribution < -0.4 is 10.6 Å². The zero-order chi connectivity index (χ0) is 29.8. The first-order chi connectivity index (χ1) is 20.7. The number of carbonyl (C=O) groups is 2. The predicted octanol–water partition coefficient (Wildman–Crippen LogP) is 5.77. The van der Waals surface area contributed by atoms with Crippen molar-refractivity contribution in [2.75, 3.05) is 6.54 Å². The van der Waals surface area contributed by atoms with Gasteiger partial charge in [0.25, 0.3) is 0 Å². The van der Waals surface area contributed by atoms with Gasteiger partial charge in [0, 0.05) is 18.9 Å². The van der Waals surface area contributed by atoms with E-state index in [1.807, 2.05) is 30.3 Å². The van der Waals surface area contributed by atoms with Crippen molar-refractivity contribution in [1.82, 2.24) is 25.2 Å². The Kier molecular flexibility index (Phi) is 7.09. The molecule has 2 amide bonds. The van der Waals surface area contributed by atoms with Crippen LogP contribution in [0.5, 0.6) is 0 Å². The molecule has 3 heterocycles. The average molecular weight is 596 g/mol. The summed E-state index contributed by atoms with van der Waals surface area (Å²) in [7, 11) is 0. The van der Waals surface area contributed by atoms with Gasteiger partial charge in [-0.2, -0.15) is 18.3 Å². The second kappa shape index (κ2) is 10.8. The lowest BCUT2D eigenvalue weighted by atomic mass is 9.54. The molecule has 1 saturated heterocycles. The molecule has 1 aliphatic heterocycles. The van der Waals surface area contributed by atoms with Gasteiger partial charge in [-0.25, -0.2) is 14.3 Å². The van der Waals surface area contributed by atoms with Crippen molar-refractivity contribution in [2.24, 2.45) is 35.0 Å². The quantitative estimate of drug-likeness (QED) is 0.327. The highest BCUT2D eigenvalue weighted by Crippen LogP contribution is 2.70. The number of carbonyl (C=O) groups excluding carboxylic acids is 2. The molecule has 0 bridgehead atoms. The maximum atomic E-state index is 13.3. The summed E-state index contributed by atoms with van der Waals surface area (Å²) >= 11 is 0. The Morgan fingerprint density at radius 3 is 2.49 bits per heavy atom. The molecule has 0 radical (unpaired) electrons. The smallest absolute Gasteiger partial charge is 0.408 e. The summed E-state index contributed by atoms with van der Waals surface area (Å²) < 4.78 is 47.1. The number of hydrogen-bond donors (Lipinski definition) is 2. The Bertz CT molecular complexity index is 1480. The lowest BCUT2D eigenvalue weighted by Gasteiger charge is -2.51. The number of imidazole rings is 1. The molecule has 0 spiro atoms. The van der Waals surface area contributed by atoms with Crippen molar-refractivity contribution >= 4 is 17.6 Å². The lowest BCUT2D eigenvalue weighted by Crippen LogP contribution is -2.47. The number of piperidine rings is 1. The van der Waals surface area contributed by atoms with Crippen LogP contribution in [-0.2, 0) is 22.6 Å². The Labute approximate surface area is 247 Å². The minimum Gasteiger partial charge on any atom is -0.445 e. The van der Waals surface area contributed by atoms with E-state index in [1.54, 1.807) is 22.8 Å². The van der Waals surface area contributed by atoms with Gasteiger partial charge >= 0.3 is 12.3 Å². The summed E-state index contributed by atoms with van der Waals surface area (Å²) in [5.74, 6) is -0.947. The van der Waals surface area contributed by atoms with E-state index in [-0.39, 0.29) is 43.9 Å². The summed E-state index contributed by atoms with van der Waals surface area (Å²) in [6, 6.07) is 12.6. The van der Waals surface area contributed by atoms with E-state index in [1.165, 1.54) is 25.7 Å². The molecule has 3 atom stereocenters. The summed E-state index contributed by atoms with van der Waals surface area (Å²) in [5.41, 5.74) is 3.05. The van der Waals surface area contributed by atoms with Crippen molar-refractivity contribution in [3.05, 3.63) is 65.6 Å². The van der Waals surface area contributed by atoms with Gasteiger partial charge < -0.3 is 15.4 Å². The van der Waals surface area contributed by atoms with Crippen LogP contribution in [0.1, 0.15) is 67.9 Å². The van der Waals surface area contributed by atoms with Gasteiger partial charge in [0.15, 0.2) is 5.65 Å². The minimum absolute atomic E-state index is 0.100. The van der Waals surface area contributed by atoms with E-state index in [4.69, 9.17) is 9.72 Å². The van der Waals surface area contributed by atoms with E-state index < -0.39 is 24.1 Å². The number of hydrogen-bond acceptors (Lipinski definition) is 5. The third kappa shape index (κ3) is 5.82. The number of fused-ring (bicyclic) bond motifs is 1. The molecule has 43 heavy (non-hydrogen) atoms. The van der Waals surface area contributed by atoms with Gasteiger partial charge in [-0.05, 0) is 85.8 Å². The Balaban J connectivity index is 1.09. The topological polar surface area (TPSA) is 97.6 Å². The number of alkyl carbamates (subject to hydrolysis) is 1. The maximum absolute atomic E-state index is 13.3. The van der Waals surface area contributed by atoms with Gasteiger partial charge in [0.1, 0.15) is 6.61 Å². The van der Waals surface area contributed by atoms with E-state index in [9.17, 15) is 22.8 Å². The number of halogens is 3. The second-order valence-corrected chi connectivity index (χ2v) is 13.0. The molecule has 2 aromatic heterocycles. The fourth-order valence-electron chi connectivity index (χ4n) is 7.57. The molecule has 11 heteroatoms. The van der Waals surface area contributed by atoms with E-state index >= 15 is 0 Å². The first kappa shape index (κ1) is 28.2. The first-order valence-electron chi connectivity index (χ1n) is 15.3. The molecule has 1 aromatic carbocycles. The Morgan fingerprint density at radius 1 is 1.09 bits per heavy atom. The van der Waals surface area contributed by atoms with E-state index in [0.717, 1.165) is 30.2 Å². The van der Waals surface area contributed by atoms with Crippen molar-refractivity contribution in [3.8, 4) is 0 Å². The van der Waals surface area contributed by atoms with Crippen LogP contribution in [0.2, 0.25) is 0 Å². The number of nitrogens with one attached hydrogen (secondary N) is 2. The number of aromatic nitrogens is 3. The fourth-order valence-corrected chi connectivity index (χ4v) is 7.57. The molecule has 4 fully saturated rings. The third-order valence-corrected chi connectivity index (χ3v) is 10.1. The SMILES string of the molecule is O=C(N[C@H](c1cn2nc(CC3C[C@@H](C(F)(F)F)CNC3=O)ccc2n1)C1CC(C2CC2)(C2CC2)C1)OCc1ccccc1. The highest BCUT2D eigenvalue weighted by molar-refractivity contribution is 5.79. The normalized spacial score (nSPS) is 24.7. The fraction of sp³-hybridized carbons (Fsp3) is 0.562. The number of alkyl halides is 3. The largest absolute Gasteiger partial charge is 0.445 e. The zero-order valence-corrected chi connectivity index (χ0v) is 23.9. The summed E-state index contributed by atoms with van der Waals surface area (Å²) in [4.78, 5) is 30.2. The number of nitrogens with zero attached hydrogens (tertiary/aromatic N) is 3. The predicted molar refractivity (Wildman–Crippen MR) is 150 cm³/mol. The van der Waals surface area contributed by atoms with Crippen LogP contribution in [0.25, 0.3) is 5.65 Å². The summed E-state index contributed by atoms with van der Waals surface area (Å²) in [6.45, 7) is -0.222. The van der Waals surface area contributed by atoms with Crippen molar-refractivity contribution in [3.63, 3.8) is 0 Å². The molecule has 1 unspecified atom stereocenters. The van der Waals surface area contributed by atoms with Crippen LogP contribution in [0.15, 0.2) is 48.7 Å². The molecule has 7 rings (SSSR count). The van der Waals surface area contributed by atoms with Crippen LogP contribution >= 0.6 is 0 Å². The van der Waals surface area contributed by atoms with Gasteiger partial charge in [0.05, 0.1) is 29.5 Å². The first-order valence-corrected chi connectivity index (χ1v) is 15.3. The summed E-state index contributed by atoms with van der Waals surface area (Å²) in [5, 5.41) is 10.1. The van der Waals surface area contributed by atoms with Gasteiger partial charge in [-0.3, -0.25) is 4.79 Å². The molecule has 3 aromatic rings. The number of ether oxygens (including phenoxy) is 1. The molecule has 4 aliphatic rings. The van der Waals surface area contributed by atoms with Crippen LogP contribution in [0, 0.1) is 35.0 Å². The molecular weight excluding hydrogens is 559 g/mol. The molecule has 3 saturated carbocycles. The monoisotopic (exact) mass is 595 g/mol. The molecular formula is C32H36F3N5O3. The van der Waals surface area contributed by atoms with Gasteiger partial charge in [-0.1, -0.05) is 30.3 Å². The highest BCUT2D eigenvalue weighted by atomic mass is 19.4. The van der Waals surface area contributed by atoms with Gasteiger partial charge in [-0.15, -0.1) is 0 Å². The minimum atomic E-state index is -4.36. The molecule has 228 valence electrons. The standard InChI is InChI=1S/C32H36F3N5O3/c33-32(34,35)24-12-20(29(41)36-16-24)13-25-10-11-27-37-26(17-40(27)39-25)28(38-30(42)43-18-19-4-2-1-3-5-19)21-14-31(15-21,22-6-7-22)23-8-9-23/h1-5,10-11,17,20-24,28H,6-9,12-16,18H2,(H,36,41)(H,38,42)/t20?,24-,28+/m1/s1. The van der Waals surface area contributed by atoms with Crippen LogP contribution in [-0.4, -0.2) is 39.3 Å². The number of benzene rings is 1.